The fourth-order valence-corrected chi connectivity index (χ4v) is 2.11. The van der Waals surface area contributed by atoms with Gasteiger partial charge in [-0.05, 0) is 36.5 Å². The summed E-state index contributed by atoms with van der Waals surface area (Å²) in [6, 6.07) is 4.75. The Morgan fingerprint density at radius 3 is 2.76 bits per heavy atom. The normalized spacial score (nSPS) is 17.2. The molecule has 4 N–H and O–H groups in total. The monoisotopic (exact) mass is 234 g/mol. The molecule has 2 rings (SSSR count). The fourth-order valence-electron chi connectivity index (χ4n) is 2.11. The van der Waals surface area contributed by atoms with Gasteiger partial charge in [0.05, 0.1) is 16.9 Å². The Kier molecular flexibility index (Phi) is 2.96. The molecule has 0 radical (unpaired) electrons. The zero-order valence-corrected chi connectivity index (χ0v) is 9.99. The number of nitrogens with two attached hydrogens (primary N) is 1. The molecule has 0 aromatic heterocycles. The van der Waals surface area contributed by atoms with E-state index in [1.165, 1.54) is 25.3 Å². The number of hydrogen-bond acceptors (Lipinski definition) is 3. The Labute approximate surface area is 101 Å². The summed E-state index contributed by atoms with van der Waals surface area (Å²) in [7, 11) is 0. The van der Waals surface area contributed by atoms with Crippen molar-refractivity contribution in [2.45, 2.75) is 26.2 Å². The summed E-state index contributed by atoms with van der Waals surface area (Å²) in [5, 5.41) is 12.2. The highest BCUT2D eigenvalue weighted by Gasteiger charge is 2.31. The summed E-state index contributed by atoms with van der Waals surface area (Å²) in [5.41, 5.74) is 7.74. The summed E-state index contributed by atoms with van der Waals surface area (Å²) in [4.78, 5) is 10.9. The molecule has 4 nitrogen and oxygen atoms in total. The highest BCUT2D eigenvalue weighted by atomic mass is 16.4. The minimum Gasteiger partial charge on any atom is -0.478 e. The molecule has 1 aliphatic rings. The lowest BCUT2D eigenvalue weighted by Crippen LogP contribution is -2.33. The number of carbonyl (C=O) groups is 1. The molecule has 0 saturated heterocycles. The van der Waals surface area contributed by atoms with Crippen molar-refractivity contribution >= 4 is 17.3 Å². The molecule has 0 amide bonds. The van der Waals surface area contributed by atoms with Crippen molar-refractivity contribution < 1.29 is 9.90 Å². The van der Waals surface area contributed by atoms with E-state index in [9.17, 15) is 4.79 Å². The number of aromatic carboxylic acids is 1. The largest absolute Gasteiger partial charge is 0.478 e. The van der Waals surface area contributed by atoms with E-state index in [4.69, 9.17) is 10.8 Å². The molecule has 1 fully saturated rings. The van der Waals surface area contributed by atoms with Crippen molar-refractivity contribution in [3.63, 3.8) is 0 Å². The molecule has 1 aromatic rings. The number of carboxylic acid groups (broad SMARTS) is 1. The first kappa shape index (κ1) is 11.8. The standard InChI is InChI=1S/C13H18N2O2/c1-13(5-2-6-13)8-15-11-7-9(12(16)17)3-4-10(11)14/h3-4,7,15H,2,5-6,8,14H2,1H3,(H,16,17). The van der Waals surface area contributed by atoms with Crippen molar-refractivity contribution in [1.82, 2.24) is 0 Å². The molecule has 4 heteroatoms. The number of carboxylic acids is 1. The molecular weight excluding hydrogens is 216 g/mol. The summed E-state index contributed by atoms with van der Waals surface area (Å²) in [5.74, 6) is -0.928. The Balaban J connectivity index is 2.08. The van der Waals surface area contributed by atoms with Crippen LogP contribution in [0.1, 0.15) is 36.5 Å². The first-order valence-corrected chi connectivity index (χ1v) is 5.87. The maximum absolute atomic E-state index is 10.9. The van der Waals surface area contributed by atoms with Gasteiger partial charge in [-0.1, -0.05) is 13.3 Å². The van der Waals surface area contributed by atoms with Gasteiger partial charge in [-0.15, -0.1) is 0 Å². The number of anilines is 2. The van der Waals surface area contributed by atoms with E-state index in [0.29, 0.717) is 11.1 Å². The van der Waals surface area contributed by atoms with Crippen molar-refractivity contribution in [2.24, 2.45) is 5.41 Å². The highest BCUT2D eigenvalue weighted by molar-refractivity contribution is 5.90. The van der Waals surface area contributed by atoms with E-state index in [0.717, 1.165) is 12.2 Å². The van der Waals surface area contributed by atoms with Crippen LogP contribution in [0.2, 0.25) is 0 Å². The second-order valence-corrected chi connectivity index (χ2v) is 5.12. The molecule has 0 unspecified atom stereocenters. The Morgan fingerprint density at radius 2 is 2.24 bits per heavy atom. The van der Waals surface area contributed by atoms with Gasteiger partial charge >= 0.3 is 5.97 Å². The van der Waals surface area contributed by atoms with Crippen LogP contribution in [-0.4, -0.2) is 17.6 Å². The number of nitrogen functional groups attached to an aromatic ring is 1. The zero-order chi connectivity index (χ0) is 12.5. The van der Waals surface area contributed by atoms with Crippen LogP contribution in [0.25, 0.3) is 0 Å². The Bertz CT molecular complexity index is 439. The van der Waals surface area contributed by atoms with Crippen LogP contribution in [-0.2, 0) is 0 Å². The molecule has 0 spiro atoms. The summed E-state index contributed by atoms with van der Waals surface area (Å²) in [6.45, 7) is 3.08. The number of nitrogens with one attached hydrogen (secondary N) is 1. The van der Waals surface area contributed by atoms with Crippen LogP contribution in [0.4, 0.5) is 11.4 Å². The predicted octanol–water partition coefficient (Wildman–Crippen LogP) is 2.57. The topological polar surface area (TPSA) is 75.3 Å². The van der Waals surface area contributed by atoms with Crippen molar-refractivity contribution in [3.8, 4) is 0 Å². The van der Waals surface area contributed by atoms with Gasteiger partial charge < -0.3 is 16.2 Å². The third-order valence-corrected chi connectivity index (χ3v) is 3.57. The first-order chi connectivity index (χ1) is 8.00. The Hall–Kier alpha value is -1.71. The second-order valence-electron chi connectivity index (χ2n) is 5.12. The lowest BCUT2D eigenvalue weighted by atomic mass is 9.70. The summed E-state index contributed by atoms with van der Waals surface area (Å²) < 4.78 is 0. The molecule has 0 atom stereocenters. The number of hydrogen-bond donors (Lipinski definition) is 3. The average Bonchev–Trinajstić information content (AvgIpc) is 2.25. The highest BCUT2D eigenvalue weighted by Crippen LogP contribution is 2.40. The minimum absolute atomic E-state index is 0.264. The first-order valence-electron chi connectivity index (χ1n) is 5.87. The van der Waals surface area contributed by atoms with Crippen LogP contribution < -0.4 is 11.1 Å². The minimum atomic E-state index is -0.928. The van der Waals surface area contributed by atoms with Gasteiger partial charge in [-0.3, -0.25) is 0 Å². The van der Waals surface area contributed by atoms with E-state index in [1.807, 2.05) is 0 Å². The second kappa shape index (κ2) is 4.28. The zero-order valence-electron chi connectivity index (χ0n) is 9.99. The molecule has 17 heavy (non-hydrogen) atoms. The molecule has 1 saturated carbocycles. The lowest BCUT2D eigenvalue weighted by Gasteiger charge is -2.38. The average molecular weight is 234 g/mol. The fraction of sp³-hybridized carbons (Fsp3) is 0.462. The summed E-state index contributed by atoms with van der Waals surface area (Å²) in [6.07, 6.45) is 3.72. The van der Waals surface area contributed by atoms with E-state index >= 15 is 0 Å². The Morgan fingerprint density at radius 1 is 1.53 bits per heavy atom. The number of benzene rings is 1. The SMILES string of the molecule is CC1(CNc2cc(C(=O)O)ccc2N)CCC1. The lowest BCUT2D eigenvalue weighted by molar-refractivity contribution is 0.0697. The third-order valence-electron chi connectivity index (χ3n) is 3.57. The quantitative estimate of drug-likeness (QED) is 0.700. The van der Waals surface area contributed by atoms with E-state index < -0.39 is 5.97 Å². The number of rotatable bonds is 4. The predicted molar refractivity (Wildman–Crippen MR) is 68.3 cm³/mol. The van der Waals surface area contributed by atoms with Gasteiger partial charge in [0.1, 0.15) is 0 Å². The molecule has 0 bridgehead atoms. The molecule has 92 valence electrons. The van der Waals surface area contributed by atoms with Crippen LogP contribution in [0.5, 0.6) is 0 Å². The van der Waals surface area contributed by atoms with E-state index in [-0.39, 0.29) is 5.56 Å². The van der Waals surface area contributed by atoms with Gasteiger partial charge in [0.15, 0.2) is 0 Å². The molecule has 1 aromatic carbocycles. The van der Waals surface area contributed by atoms with Crippen molar-refractivity contribution in [3.05, 3.63) is 23.8 Å². The van der Waals surface area contributed by atoms with E-state index in [1.54, 1.807) is 12.1 Å². The van der Waals surface area contributed by atoms with Gasteiger partial charge in [0, 0.05) is 6.54 Å². The third kappa shape index (κ3) is 2.52. The maximum Gasteiger partial charge on any atom is 0.335 e. The van der Waals surface area contributed by atoms with Crippen LogP contribution >= 0.6 is 0 Å². The molecular formula is C13H18N2O2. The van der Waals surface area contributed by atoms with Crippen molar-refractivity contribution in [2.75, 3.05) is 17.6 Å². The maximum atomic E-state index is 10.9. The van der Waals surface area contributed by atoms with Gasteiger partial charge in [0.25, 0.3) is 0 Å². The van der Waals surface area contributed by atoms with Crippen LogP contribution in [0.3, 0.4) is 0 Å². The molecule has 1 aliphatic carbocycles. The van der Waals surface area contributed by atoms with Gasteiger partial charge in [0.2, 0.25) is 0 Å². The van der Waals surface area contributed by atoms with Crippen molar-refractivity contribution in [1.29, 1.82) is 0 Å². The van der Waals surface area contributed by atoms with E-state index in [2.05, 4.69) is 12.2 Å². The smallest absolute Gasteiger partial charge is 0.335 e. The van der Waals surface area contributed by atoms with Gasteiger partial charge in [-0.2, -0.15) is 0 Å². The summed E-state index contributed by atoms with van der Waals surface area (Å²) >= 11 is 0. The van der Waals surface area contributed by atoms with Crippen LogP contribution in [0, 0.1) is 5.41 Å². The molecule has 0 aliphatic heterocycles. The van der Waals surface area contributed by atoms with Gasteiger partial charge in [-0.25, -0.2) is 4.79 Å². The molecule has 0 heterocycles. The van der Waals surface area contributed by atoms with Crippen LogP contribution in [0.15, 0.2) is 18.2 Å².